The number of rotatable bonds is 3. The van der Waals surface area contributed by atoms with Gasteiger partial charge in [-0.25, -0.2) is 9.59 Å². The summed E-state index contributed by atoms with van der Waals surface area (Å²) in [6.07, 6.45) is 2.76. The zero-order valence-electron chi connectivity index (χ0n) is 6.54. The van der Waals surface area contributed by atoms with Gasteiger partial charge in [-0.15, -0.1) is 0 Å². The average molecular weight is 192 g/mol. The molecule has 1 rings (SSSR count). The van der Waals surface area contributed by atoms with Crippen LogP contribution in [-0.4, -0.2) is 12.2 Å². The molecule has 0 aliphatic carbocycles. The monoisotopic (exact) mass is 192 g/mol. The summed E-state index contributed by atoms with van der Waals surface area (Å²) in [6.45, 7) is 0. The van der Waals surface area contributed by atoms with Gasteiger partial charge >= 0.3 is 0 Å². The predicted molar refractivity (Wildman–Crippen MR) is 49.2 cm³/mol. The summed E-state index contributed by atoms with van der Waals surface area (Å²) >= 11 is 0. The molecule has 0 aliphatic heterocycles. The highest BCUT2D eigenvalue weighted by Gasteiger charge is 2.06. The van der Waals surface area contributed by atoms with Crippen molar-refractivity contribution in [2.45, 2.75) is 0 Å². The first kappa shape index (κ1) is 9.50. The van der Waals surface area contributed by atoms with Crippen molar-refractivity contribution >= 4 is 25.7 Å². The van der Waals surface area contributed by atoms with Crippen molar-refractivity contribution in [1.82, 2.24) is 0 Å². The van der Waals surface area contributed by atoms with Gasteiger partial charge in [0.05, 0.1) is 0 Å². The summed E-state index contributed by atoms with van der Waals surface area (Å²) in [5.74, 6) is 0. The van der Waals surface area contributed by atoms with Crippen molar-refractivity contribution in [3.8, 4) is 0 Å². The minimum Gasteiger partial charge on any atom is -0.211 e. The summed E-state index contributed by atoms with van der Waals surface area (Å²) in [4.78, 5) is 20.0. The fourth-order valence-corrected chi connectivity index (χ4v) is 1.65. The number of benzene rings is 1. The third-order valence-electron chi connectivity index (χ3n) is 1.26. The van der Waals surface area contributed by atoms with E-state index in [-0.39, 0.29) is 0 Å². The third-order valence-corrected chi connectivity index (χ3v) is 2.56. The molecule has 0 aromatic heterocycles. The molecule has 1 aromatic rings. The minimum absolute atomic E-state index is 0.726. The number of hydrogen-bond donors (Lipinski definition) is 0. The molecule has 0 amide bonds. The lowest BCUT2D eigenvalue weighted by atomic mass is 10.4. The van der Waals surface area contributed by atoms with E-state index in [1.54, 1.807) is 24.3 Å². The highest BCUT2D eigenvalue weighted by atomic mass is 31.1. The second-order valence-corrected chi connectivity index (χ2v) is 3.50. The number of hydrogen-bond acceptors (Lipinski definition) is 4. The van der Waals surface area contributed by atoms with Crippen molar-refractivity contribution in [1.29, 1.82) is 0 Å². The number of isocyanates is 2. The van der Waals surface area contributed by atoms with E-state index in [0.717, 1.165) is 5.30 Å². The van der Waals surface area contributed by atoms with Crippen LogP contribution >= 0.6 is 8.22 Å². The van der Waals surface area contributed by atoms with Gasteiger partial charge in [0.1, 0.15) is 0 Å². The Hall–Kier alpha value is -1.59. The molecule has 0 bridgehead atoms. The van der Waals surface area contributed by atoms with Crippen molar-refractivity contribution in [2.75, 3.05) is 0 Å². The fourth-order valence-electron chi connectivity index (χ4n) is 0.776. The molecule has 0 heterocycles. The molecule has 5 heteroatoms. The van der Waals surface area contributed by atoms with Crippen LogP contribution in [0, 0.1) is 0 Å². The molecule has 0 unspecified atom stereocenters. The van der Waals surface area contributed by atoms with E-state index in [1.807, 2.05) is 6.07 Å². The molecule has 1 aromatic carbocycles. The molecular formula is C8H5N2O2P. The highest BCUT2D eigenvalue weighted by Crippen LogP contribution is 2.35. The lowest BCUT2D eigenvalue weighted by molar-refractivity contribution is 0.566. The smallest absolute Gasteiger partial charge is 0.211 e. The molecular weight excluding hydrogens is 187 g/mol. The van der Waals surface area contributed by atoms with Gasteiger partial charge in [0.15, 0.2) is 8.22 Å². The Morgan fingerprint density at radius 3 is 2.00 bits per heavy atom. The Bertz CT molecular complexity index is 349. The van der Waals surface area contributed by atoms with Gasteiger partial charge in [0, 0.05) is 5.30 Å². The predicted octanol–water partition coefficient (Wildman–Crippen LogP) is 1.30. The third kappa shape index (κ3) is 2.73. The normalized spacial score (nSPS) is 10.8. The maximum Gasteiger partial charge on any atom is 0.241 e. The van der Waals surface area contributed by atoms with E-state index in [9.17, 15) is 9.59 Å². The van der Waals surface area contributed by atoms with Crippen molar-refractivity contribution in [3.63, 3.8) is 0 Å². The maximum absolute atomic E-state index is 10.00. The highest BCUT2D eigenvalue weighted by molar-refractivity contribution is 7.63. The molecule has 64 valence electrons. The summed E-state index contributed by atoms with van der Waals surface area (Å²) < 4.78 is 6.83. The van der Waals surface area contributed by atoms with E-state index in [0.29, 0.717) is 0 Å². The zero-order chi connectivity index (χ0) is 9.52. The van der Waals surface area contributed by atoms with Crippen LogP contribution in [0.3, 0.4) is 0 Å². The molecule has 0 spiro atoms. The summed E-state index contributed by atoms with van der Waals surface area (Å²) in [5, 5.41) is 0.726. The Kier molecular flexibility index (Phi) is 3.74. The SMILES string of the molecule is O=C=NP(N=C=O)c1ccccc1. The molecule has 0 fully saturated rings. The number of nitrogens with zero attached hydrogens (tertiary/aromatic N) is 2. The fraction of sp³-hybridized carbons (Fsp3) is 0. The Morgan fingerprint density at radius 2 is 1.54 bits per heavy atom. The molecule has 0 radical (unpaired) electrons. The van der Waals surface area contributed by atoms with Crippen molar-refractivity contribution in [2.24, 2.45) is 9.53 Å². The quantitative estimate of drug-likeness (QED) is 0.411. The molecule has 4 nitrogen and oxygen atoms in total. The van der Waals surface area contributed by atoms with Crippen LogP contribution in [0.2, 0.25) is 0 Å². The molecule has 0 aliphatic rings. The number of carbonyl (C=O) groups excluding carboxylic acids is 2. The first-order chi connectivity index (χ1) is 6.38. The van der Waals surface area contributed by atoms with Crippen LogP contribution in [0.15, 0.2) is 39.9 Å². The lowest BCUT2D eigenvalue weighted by Crippen LogP contribution is -1.95. The van der Waals surface area contributed by atoms with Crippen LogP contribution < -0.4 is 5.30 Å². The van der Waals surface area contributed by atoms with Gasteiger partial charge in [-0.3, -0.25) is 0 Å². The zero-order valence-corrected chi connectivity index (χ0v) is 7.44. The molecule has 0 N–H and O–H groups in total. The summed E-state index contributed by atoms with van der Waals surface area (Å²) in [7, 11) is -1.45. The topological polar surface area (TPSA) is 58.9 Å². The lowest BCUT2D eigenvalue weighted by Gasteiger charge is -1.99. The van der Waals surface area contributed by atoms with Gasteiger partial charge in [-0.05, 0) is 0 Å². The van der Waals surface area contributed by atoms with E-state index in [2.05, 4.69) is 9.53 Å². The summed E-state index contributed by atoms with van der Waals surface area (Å²) in [5.41, 5.74) is 0. The maximum atomic E-state index is 10.00. The van der Waals surface area contributed by atoms with Gasteiger partial charge < -0.3 is 0 Å². The van der Waals surface area contributed by atoms with Gasteiger partial charge in [0.2, 0.25) is 12.2 Å². The average Bonchev–Trinajstić information content (AvgIpc) is 2.19. The van der Waals surface area contributed by atoms with Gasteiger partial charge in [-0.2, -0.15) is 9.53 Å². The van der Waals surface area contributed by atoms with Crippen LogP contribution in [-0.2, 0) is 9.59 Å². The molecule has 13 heavy (non-hydrogen) atoms. The van der Waals surface area contributed by atoms with E-state index < -0.39 is 8.22 Å². The van der Waals surface area contributed by atoms with Crippen molar-refractivity contribution in [3.05, 3.63) is 30.3 Å². The molecule has 0 saturated heterocycles. The molecule has 0 atom stereocenters. The van der Waals surface area contributed by atoms with Crippen LogP contribution in [0.25, 0.3) is 0 Å². The van der Waals surface area contributed by atoms with Crippen molar-refractivity contribution < 1.29 is 9.59 Å². The molecule has 0 saturated carbocycles. The Labute approximate surface area is 75.9 Å². The van der Waals surface area contributed by atoms with Crippen LogP contribution in [0.4, 0.5) is 0 Å². The van der Waals surface area contributed by atoms with E-state index in [4.69, 9.17) is 0 Å². The second-order valence-electron chi connectivity index (χ2n) is 2.01. The van der Waals surface area contributed by atoms with Crippen LogP contribution in [0.5, 0.6) is 0 Å². The Morgan fingerprint density at radius 1 is 1.00 bits per heavy atom. The van der Waals surface area contributed by atoms with Gasteiger partial charge in [-0.1, -0.05) is 30.3 Å². The standard InChI is InChI=1S/C8H5N2O2P/c11-6-9-13(10-7-12)8-4-2-1-3-5-8/h1-5H. The Balaban J connectivity index is 3.01. The van der Waals surface area contributed by atoms with Crippen LogP contribution in [0.1, 0.15) is 0 Å². The van der Waals surface area contributed by atoms with Gasteiger partial charge in [0.25, 0.3) is 0 Å². The van der Waals surface area contributed by atoms with E-state index in [1.165, 1.54) is 12.2 Å². The summed E-state index contributed by atoms with van der Waals surface area (Å²) in [6, 6.07) is 8.88. The second kappa shape index (κ2) is 5.13. The largest absolute Gasteiger partial charge is 0.241 e. The van der Waals surface area contributed by atoms with E-state index >= 15 is 0 Å². The first-order valence-corrected chi connectivity index (χ1v) is 4.64. The first-order valence-electron chi connectivity index (χ1n) is 3.39. The minimum atomic E-state index is -1.45.